The van der Waals surface area contributed by atoms with Gasteiger partial charge in [0.15, 0.2) is 5.84 Å². The van der Waals surface area contributed by atoms with Gasteiger partial charge in [-0.25, -0.2) is 0 Å². The molecule has 0 radical (unpaired) electrons. The third kappa shape index (κ3) is 2.87. The lowest BCUT2D eigenvalue weighted by Gasteiger charge is -2.10. The van der Waals surface area contributed by atoms with Crippen molar-refractivity contribution in [3.63, 3.8) is 0 Å². The van der Waals surface area contributed by atoms with Crippen molar-refractivity contribution >= 4 is 17.6 Å². The maximum atomic E-state index is 8.77. The molecule has 0 spiro atoms. The van der Waals surface area contributed by atoms with Crippen molar-refractivity contribution in [3.05, 3.63) is 29.3 Å². The number of oxime groups is 1. The minimum Gasteiger partial charge on any atom is -0.409 e. The monoisotopic (exact) mass is 226 g/mol. The third-order valence-corrected chi connectivity index (χ3v) is 3.15. The van der Waals surface area contributed by atoms with Crippen LogP contribution in [0.25, 0.3) is 0 Å². The van der Waals surface area contributed by atoms with Crippen LogP contribution < -0.4 is 5.73 Å². The predicted octanol–water partition coefficient (Wildman–Crippen LogP) is 1.17. The molecular weight excluding hydrogens is 212 g/mol. The highest BCUT2D eigenvalue weighted by molar-refractivity contribution is 7.99. The van der Waals surface area contributed by atoms with Gasteiger partial charge < -0.3 is 16.0 Å². The number of nitrogens with two attached hydrogens (primary N) is 1. The van der Waals surface area contributed by atoms with Gasteiger partial charge in [0.25, 0.3) is 0 Å². The molecule has 82 valence electrons. The molecule has 1 aromatic rings. The van der Waals surface area contributed by atoms with Crippen LogP contribution >= 0.6 is 11.8 Å². The SMILES string of the molecule is Cc1cccc(/C(N)=N/O)c1SCCO. The summed E-state index contributed by atoms with van der Waals surface area (Å²) in [5, 5.41) is 20.4. The van der Waals surface area contributed by atoms with Gasteiger partial charge in [-0.15, -0.1) is 11.8 Å². The Hall–Kier alpha value is -1.20. The lowest BCUT2D eigenvalue weighted by Crippen LogP contribution is -2.14. The molecule has 4 nitrogen and oxygen atoms in total. The van der Waals surface area contributed by atoms with Crippen molar-refractivity contribution < 1.29 is 10.3 Å². The van der Waals surface area contributed by atoms with Crippen molar-refractivity contribution in [2.24, 2.45) is 10.9 Å². The second kappa shape index (κ2) is 5.63. The van der Waals surface area contributed by atoms with Gasteiger partial charge in [-0.3, -0.25) is 0 Å². The Morgan fingerprint density at radius 3 is 2.87 bits per heavy atom. The molecule has 0 fully saturated rings. The predicted molar refractivity (Wildman–Crippen MR) is 61.5 cm³/mol. The number of aliphatic hydroxyl groups is 1. The van der Waals surface area contributed by atoms with E-state index in [4.69, 9.17) is 16.0 Å². The molecule has 0 saturated carbocycles. The highest BCUT2D eigenvalue weighted by Gasteiger charge is 2.09. The van der Waals surface area contributed by atoms with E-state index in [-0.39, 0.29) is 12.4 Å². The first-order valence-corrected chi connectivity index (χ1v) is 5.50. The number of benzene rings is 1. The highest BCUT2D eigenvalue weighted by atomic mass is 32.2. The van der Waals surface area contributed by atoms with Crippen LogP contribution in [0.4, 0.5) is 0 Å². The summed E-state index contributed by atoms with van der Waals surface area (Å²) in [4.78, 5) is 0.946. The molecule has 15 heavy (non-hydrogen) atoms. The largest absolute Gasteiger partial charge is 0.409 e. The fourth-order valence-corrected chi connectivity index (χ4v) is 2.17. The molecule has 1 aromatic carbocycles. The van der Waals surface area contributed by atoms with E-state index in [9.17, 15) is 0 Å². The van der Waals surface area contributed by atoms with Crippen molar-refractivity contribution in [2.45, 2.75) is 11.8 Å². The maximum absolute atomic E-state index is 8.77. The number of nitrogens with zero attached hydrogens (tertiary/aromatic N) is 1. The van der Waals surface area contributed by atoms with Gasteiger partial charge in [0.2, 0.25) is 0 Å². The normalized spacial score (nSPS) is 11.7. The molecule has 0 bridgehead atoms. The molecule has 0 amide bonds. The summed E-state index contributed by atoms with van der Waals surface area (Å²) in [5.41, 5.74) is 7.32. The van der Waals surface area contributed by atoms with Gasteiger partial charge in [0.05, 0.1) is 6.61 Å². The summed E-state index contributed by atoms with van der Waals surface area (Å²) in [6.07, 6.45) is 0. The number of hydrogen-bond donors (Lipinski definition) is 3. The Bertz CT molecular complexity index is 366. The molecule has 0 heterocycles. The van der Waals surface area contributed by atoms with E-state index >= 15 is 0 Å². The molecule has 5 heteroatoms. The second-order valence-corrected chi connectivity index (χ2v) is 4.11. The van der Waals surface area contributed by atoms with Gasteiger partial charge in [0.1, 0.15) is 0 Å². The van der Waals surface area contributed by atoms with E-state index in [0.717, 1.165) is 10.5 Å². The van der Waals surface area contributed by atoms with Crippen molar-refractivity contribution in [1.82, 2.24) is 0 Å². The van der Waals surface area contributed by atoms with Crippen molar-refractivity contribution in [1.29, 1.82) is 0 Å². The summed E-state index contributed by atoms with van der Waals surface area (Å²) >= 11 is 1.50. The quantitative estimate of drug-likeness (QED) is 0.237. The molecule has 0 aliphatic rings. The van der Waals surface area contributed by atoms with E-state index < -0.39 is 0 Å². The molecule has 0 aliphatic carbocycles. The van der Waals surface area contributed by atoms with Crippen LogP contribution in [0.3, 0.4) is 0 Å². The fourth-order valence-electron chi connectivity index (χ4n) is 1.25. The highest BCUT2D eigenvalue weighted by Crippen LogP contribution is 2.26. The topological polar surface area (TPSA) is 78.8 Å². The van der Waals surface area contributed by atoms with Gasteiger partial charge in [-0.1, -0.05) is 23.4 Å². The first-order chi connectivity index (χ1) is 7.20. The number of rotatable bonds is 4. The van der Waals surface area contributed by atoms with Crippen LogP contribution in [0.2, 0.25) is 0 Å². The van der Waals surface area contributed by atoms with E-state index in [1.54, 1.807) is 6.07 Å². The smallest absolute Gasteiger partial charge is 0.171 e. The van der Waals surface area contributed by atoms with E-state index in [2.05, 4.69) is 5.16 Å². The molecule has 0 aromatic heterocycles. The minimum atomic E-state index is 0.0964. The Morgan fingerprint density at radius 1 is 1.53 bits per heavy atom. The van der Waals surface area contributed by atoms with Gasteiger partial charge >= 0.3 is 0 Å². The number of aryl methyl sites for hydroxylation is 1. The maximum Gasteiger partial charge on any atom is 0.171 e. The van der Waals surface area contributed by atoms with Crippen LogP contribution in [0.5, 0.6) is 0 Å². The number of hydrogen-bond acceptors (Lipinski definition) is 4. The fraction of sp³-hybridized carbons (Fsp3) is 0.300. The summed E-state index contributed by atoms with van der Waals surface area (Å²) in [6.45, 7) is 2.06. The summed E-state index contributed by atoms with van der Waals surface area (Å²) in [7, 11) is 0. The molecule has 1 rings (SSSR count). The summed E-state index contributed by atoms with van der Waals surface area (Å²) in [5.74, 6) is 0.690. The summed E-state index contributed by atoms with van der Waals surface area (Å²) in [6, 6.07) is 5.60. The molecule has 0 atom stereocenters. The van der Waals surface area contributed by atoms with E-state index in [0.29, 0.717) is 11.3 Å². The molecule has 4 N–H and O–H groups in total. The Labute approximate surface area is 92.8 Å². The average molecular weight is 226 g/mol. The number of thioether (sulfide) groups is 1. The first-order valence-electron chi connectivity index (χ1n) is 4.52. The lowest BCUT2D eigenvalue weighted by atomic mass is 10.1. The van der Waals surface area contributed by atoms with Crippen LogP contribution in [0, 0.1) is 6.92 Å². The van der Waals surface area contributed by atoms with Crippen LogP contribution in [0.15, 0.2) is 28.3 Å². The van der Waals surface area contributed by atoms with Crippen molar-refractivity contribution in [3.8, 4) is 0 Å². The lowest BCUT2D eigenvalue weighted by molar-refractivity contribution is 0.318. The molecule has 0 saturated heterocycles. The Kier molecular flexibility index (Phi) is 4.45. The minimum absolute atomic E-state index is 0.0964. The van der Waals surface area contributed by atoms with Gasteiger partial charge in [0, 0.05) is 16.2 Å². The van der Waals surface area contributed by atoms with Crippen LogP contribution in [-0.2, 0) is 0 Å². The molecular formula is C10H14N2O2S. The van der Waals surface area contributed by atoms with Crippen LogP contribution in [-0.4, -0.2) is 28.5 Å². The molecule has 0 unspecified atom stereocenters. The zero-order chi connectivity index (χ0) is 11.3. The van der Waals surface area contributed by atoms with E-state index in [1.807, 2.05) is 19.1 Å². The zero-order valence-electron chi connectivity index (χ0n) is 8.47. The number of aliphatic hydroxyl groups excluding tert-OH is 1. The third-order valence-electron chi connectivity index (χ3n) is 1.93. The number of amidine groups is 1. The Morgan fingerprint density at radius 2 is 2.27 bits per heavy atom. The zero-order valence-corrected chi connectivity index (χ0v) is 9.29. The first kappa shape index (κ1) is 11.9. The summed E-state index contributed by atoms with van der Waals surface area (Å²) < 4.78 is 0. The van der Waals surface area contributed by atoms with Crippen molar-refractivity contribution in [2.75, 3.05) is 12.4 Å². The Balaban J connectivity index is 3.08. The molecule has 0 aliphatic heterocycles. The second-order valence-electron chi connectivity index (χ2n) is 3.01. The van der Waals surface area contributed by atoms with Gasteiger partial charge in [-0.2, -0.15) is 0 Å². The average Bonchev–Trinajstić information content (AvgIpc) is 2.26. The van der Waals surface area contributed by atoms with Gasteiger partial charge in [-0.05, 0) is 12.5 Å². The standard InChI is InChI=1S/C10H14N2O2S/c1-7-3-2-4-8(10(11)12-14)9(7)15-6-5-13/h2-4,13-14H,5-6H2,1H3,(H2,11,12). The van der Waals surface area contributed by atoms with E-state index in [1.165, 1.54) is 11.8 Å². The van der Waals surface area contributed by atoms with Crippen LogP contribution in [0.1, 0.15) is 11.1 Å².